The fourth-order valence-corrected chi connectivity index (χ4v) is 3.40. The van der Waals surface area contributed by atoms with Crippen LogP contribution in [0, 0.1) is 11.3 Å². The van der Waals surface area contributed by atoms with Crippen molar-refractivity contribution in [2.24, 2.45) is 5.73 Å². The van der Waals surface area contributed by atoms with Crippen LogP contribution in [0.2, 0.25) is 0 Å². The Labute approximate surface area is 145 Å². The lowest BCUT2D eigenvalue weighted by molar-refractivity contribution is 0.394. The summed E-state index contributed by atoms with van der Waals surface area (Å²) in [6.45, 7) is 0. The van der Waals surface area contributed by atoms with Crippen molar-refractivity contribution in [2.75, 3.05) is 7.11 Å². The van der Waals surface area contributed by atoms with E-state index >= 15 is 0 Å². The molecule has 1 aliphatic rings. The third-order valence-electron chi connectivity index (χ3n) is 4.54. The highest BCUT2D eigenvalue weighted by Gasteiger charge is 2.32. The van der Waals surface area contributed by atoms with Crippen molar-refractivity contribution in [3.63, 3.8) is 0 Å². The van der Waals surface area contributed by atoms with Gasteiger partial charge in [0.05, 0.1) is 13.0 Å². The zero-order valence-electron chi connectivity index (χ0n) is 13.7. The summed E-state index contributed by atoms with van der Waals surface area (Å²) in [5, 5.41) is 11.9. The van der Waals surface area contributed by atoms with Gasteiger partial charge in [0.2, 0.25) is 5.88 Å². The van der Waals surface area contributed by atoms with Crippen LogP contribution in [-0.2, 0) is 0 Å². The van der Waals surface area contributed by atoms with Crippen molar-refractivity contribution >= 4 is 10.8 Å². The number of methoxy groups -OCH3 is 1. The monoisotopic (exact) mass is 328 g/mol. The Morgan fingerprint density at radius 3 is 2.72 bits per heavy atom. The van der Waals surface area contributed by atoms with Crippen molar-refractivity contribution in [3.8, 4) is 17.6 Å². The van der Waals surface area contributed by atoms with Crippen molar-refractivity contribution in [3.05, 3.63) is 83.2 Å². The van der Waals surface area contributed by atoms with Gasteiger partial charge in [-0.05, 0) is 34.5 Å². The minimum Gasteiger partial charge on any atom is -0.497 e. The quantitative estimate of drug-likeness (QED) is 0.770. The van der Waals surface area contributed by atoms with Crippen LogP contribution in [0.5, 0.6) is 11.5 Å². The highest BCUT2D eigenvalue weighted by molar-refractivity contribution is 5.90. The number of ether oxygens (including phenoxy) is 2. The van der Waals surface area contributed by atoms with Gasteiger partial charge in [-0.15, -0.1) is 0 Å². The molecule has 1 aliphatic heterocycles. The number of nitrogens with two attached hydrogens (primary N) is 1. The topological polar surface area (TPSA) is 68.3 Å². The molecular formula is C21H16N2O2. The molecule has 0 amide bonds. The summed E-state index contributed by atoms with van der Waals surface area (Å²) in [6, 6.07) is 21.9. The largest absolute Gasteiger partial charge is 0.497 e. The van der Waals surface area contributed by atoms with Crippen molar-refractivity contribution in [2.45, 2.75) is 5.92 Å². The van der Waals surface area contributed by atoms with Crippen LogP contribution in [0.3, 0.4) is 0 Å². The summed E-state index contributed by atoms with van der Waals surface area (Å²) in [7, 11) is 1.63. The van der Waals surface area contributed by atoms with Crippen LogP contribution in [0.4, 0.5) is 0 Å². The van der Waals surface area contributed by atoms with Crippen molar-refractivity contribution in [1.82, 2.24) is 0 Å². The molecule has 2 N–H and O–H groups in total. The molecule has 3 aromatic rings. The highest BCUT2D eigenvalue weighted by atomic mass is 16.5. The summed E-state index contributed by atoms with van der Waals surface area (Å²) in [5.74, 6) is 1.28. The fraction of sp³-hybridized carbons (Fsp3) is 0.0952. The average molecular weight is 328 g/mol. The third kappa shape index (κ3) is 2.38. The van der Waals surface area contributed by atoms with E-state index < -0.39 is 0 Å². The van der Waals surface area contributed by atoms with E-state index in [4.69, 9.17) is 15.2 Å². The van der Waals surface area contributed by atoms with Crippen molar-refractivity contribution < 1.29 is 9.47 Å². The molecule has 3 aromatic carbocycles. The van der Waals surface area contributed by atoms with Gasteiger partial charge in [-0.2, -0.15) is 5.26 Å². The number of rotatable bonds is 2. The van der Waals surface area contributed by atoms with Crippen LogP contribution in [0.15, 0.2) is 72.1 Å². The molecule has 0 saturated carbocycles. The predicted molar refractivity (Wildman–Crippen MR) is 96.2 cm³/mol. The molecule has 0 bridgehead atoms. The van der Waals surface area contributed by atoms with E-state index in [2.05, 4.69) is 6.07 Å². The Morgan fingerprint density at radius 1 is 1.08 bits per heavy atom. The first-order chi connectivity index (χ1) is 12.2. The van der Waals surface area contributed by atoms with Crippen LogP contribution in [-0.4, -0.2) is 7.11 Å². The van der Waals surface area contributed by atoms with Gasteiger partial charge >= 0.3 is 0 Å². The molecule has 0 fully saturated rings. The summed E-state index contributed by atoms with van der Waals surface area (Å²) < 4.78 is 11.1. The molecule has 4 nitrogen and oxygen atoms in total. The van der Waals surface area contributed by atoms with E-state index in [0.717, 1.165) is 27.6 Å². The molecule has 1 atom stereocenters. The number of hydrogen-bond acceptors (Lipinski definition) is 4. The van der Waals surface area contributed by atoms with E-state index in [1.54, 1.807) is 7.11 Å². The molecule has 0 saturated heterocycles. The number of hydrogen-bond donors (Lipinski definition) is 1. The standard InChI is InChI=1S/C21H16N2O2/c1-24-15-7-4-6-14(11-15)19-17(12-22)21(23)25-18-10-9-13-5-2-3-8-16(13)20(18)19/h2-11,19H,23H2,1H3. The molecule has 25 heavy (non-hydrogen) atoms. The van der Waals surface area contributed by atoms with E-state index in [9.17, 15) is 5.26 Å². The Balaban J connectivity index is 2.04. The zero-order valence-corrected chi connectivity index (χ0v) is 13.7. The van der Waals surface area contributed by atoms with Gasteiger partial charge < -0.3 is 15.2 Å². The number of benzene rings is 3. The second kappa shape index (κ2) is 5.88. The number of allylic oxidation sites excluding steroid dienone is 1. The van der Waals surface area contributed by atoms with Gasteiger partial charge in [-0.1, -0.05) is 42.5 Å². The van der Waals surface area contributed by atoms with Gasteiger partial charge in [0, 0.05) is 5.56 Å². The zero-order chi connectivity index (χ0) is 17.4. The van der Waals surface area contributed by atoms with Gasteiger partial charge in [0.1, 0.15) is 23.1 Å². The van der Waals surface area contributed by atoms with E-state index in [1.165, 1.54) is 0 Å². The molecule has 122 valence electrons. The van der Waals surface area contributed by atoms with Crippen LogP contribution in [0.1, 0.15) is 17.0 Å². The van der Waals surface area contributed by atoms with Crippen LogP contribution in [0.25, 0.3) is 10.8 Å². The maximum Gasteiger partial charge on any atom is 0.205 e. The Morgan fingerprint density at radius 2 is 1.92 bits per heavy atom. The first kappa shape index (κ1) is 15.1. The van der Waals surface area contributed by atoms with Gasteiger partial charge in [-0.3, -0.25) is 0 Å². The summed E-state index contributed by atoms with van der Waals surface area (Å²) in [6.07, 6.45) is 0. The molecular weight excluding hydrogens is 312 g/mol. The first-order valence-corrected chi connectivity index (χ1v) is 7.96. The Bertz CT molecular complexity index is 1050. The average Bonchev–Trinajstić information content (AvgIpc) is 2.66. The number of fused-ring (bicyclic) bond motifs is 3. The smallest absolute Gasteiger partial charge is 0.205 e. The van der Waals surface area contributed by atoms with Gasteiger partial charge in [0.15, 0.2) is 0 Å². The van der Waals surface area contributed by atoms with E-state index in [-0.39, 0.29) is 11.8 Å². The minimum absolute atomic E-state index is 0.151. The lowest BCUT2D eigenvalue weighted by Gasteiger charge is -2.28. The lowest BCUT2D eigenvalue weighted by Crippen LogP contribution is -2.21. The normalized spacial score (nSPS) is 16.1. The molecule has 0 radical (unpaired) electrons. The molecule has 0 spiro atoms. The lowest BCUT2D eigenvalue weighted by atomic mass is 9.81. The maximum atomic E-state index is 9.72. The SMILES string of the molecule is COc1cccc(C2C(C#N)=C(N)Oc3ccc4ccccc4c32)c1. The molecule has 0 aliphatic carbocycles. The fourth-order valence-electron chi connectivity index (χ4n) is 3.40. The minimum atomic E-state index is -0.296. The van der Waals surface area contributed by atoms with E-state index in [0.29, 0.717) is 11.3 Å². The van der Waals surface area contributed by atoms with Crippen molar-refractivity contribution in [1.29, 1.82) is 5.26 Å². The van der Waals surface area contributed by atoms with Crippen LogP contribution < -0.4 is 15.2 Å². The van der Waals surface area contributed by atoms with Crippen LogP contribution >= 0.6 is 0 Å². The third-order valence-corrected chi connectivity index (χ3v) is 4.54. The highest BCUT2D eigenvalue weighted by Crippen LogP contribution is 2.45. The molecule has 0 aromatic heterocycles. The molecule has 4 heteroatoms. The Hall–Kier alpha value is -3.45. The predicted octanol–water partition coefficient (Wildman–Crippen LogP) is 4.07. The summed E-state index contributed by atoms with van der Waals surface area (Å²) >= 11 is 0. The van der Waals surface area contributed by atoms with Gasteiger partial charge in [-0.25, -0.2) is 0 Å². The molecule has 4 rings (SSSR count). The number of nitriles is 1. The van der Waals surface area contributed by atoms with E-state index in [1.807, 2.05) is 60.7 Å². The summed E-state index contributed by atoms with van der Waals surface area (Å²) in [4.78, 5) is 0. The molecule has 1 heterocycles. The number of nitrogens with zero attached hydrogens (tertiary/aromatic N) is 1. The Kier molecular flexibility index (Phi) is 3.55. The van der Waals surface area contributed by atoms with Gasteiger partial charge in [0.25, 0.3) is 0 Å². The first-order valence-electron chi connectivity index (χ1n) is 7.96. The second-order valence-corrected chi connectivity index (χ2v) is 5.90. The maximum absolute atomic E-state index is 9.72. The summed E-state index contributed by atoms with van der Waals surface area (Å²) in [5.41, 5.74) is 8.36. The second-order valence-electron chi connectivity index (χ2n) is 5.90. The molecule has 1 unspecified atom stereocenters.